The first kappa shape index (κ1) is 58.6. The number of hydrogen-bond donors (Lipinski definition) is 3. The molecule has 0 saturated heterocycles. The van der Waals surface area contributed by atoms with Crippen molar-refractivity contribution in [2.24, 2.45) is 0 Å². The van der Waals surface area contributed by atoms with Crippen LogP contribution < -0.4 is 5.32 Å². The Morgan fingerprint density at radius 2 is 0.885 bits per heavy atom. The van der Waals surface area contributed by atoms with Crippen molar-refractivity contribution in [3.8, 4) is 0 Å². The summed E-state index contributed by atoms with van der Waals surface area (Å²) in [7, 11) is 0. The molecule has 0 aliphatic heterocycles. The van der Waals surface area contributed by atoms with Crippen LogP contribution in [0, 0.1) is 0 Å². The zero-order valence-electron chi connectivity index (χ0n) is 40.3. The lowest BCUT2D eigenvalue weighted by atomic mass is 10.0. The minimum Gasteiger partial charge on any atom is -0.462 e. The highest BCUT2D eigenvalue weighted by atomic mass is 16.5. The number of hydrogen-bond acceptors (Lipinski definition) is 5. The highest BCUT2D eigenvalue weighted by molar-refractivity contribution is 5.77. The highest BCUT2D eigenvalue weighted by Gasteiger charge is 2.24. The normalized spacial score (nSPS) is 13.7. The number of rotatable bonds is 46. The highest BCUT2D eigenvalue weighted by Crippen LogP contribution is 2.17. The standard InChI is InChI=1S/C55H99NO5/c1-4-7-10-13-16-19-21-23-25-27-28-30-32-35-37-40-43-46-51(49-54(59)56-52(50-57)53(58)47-44-41-38-34-18-15-12-9-6-3)61-55(60)48-45-42-39-36-33-31-29-26-24-22-20-17-14-11-8-5-2/h16,19,23,25-26,28-31,33,51-53,57-58H,4-15,17-18,20-22,24,27,32,34-50H2,1-3H3,(H,56,59)/b19-16-,25-23-,29-26+,30-28-,33-31+. The van der Waals surface area contributed by atoms with Gasteiger partial charge in [0.25, 0.3) is 0 Å². The molecule has 0 rings (SSSR count). The van der Waals surface area contributed by atoms with E-state index in [1.807, 2.05) is 0 Å². The van der Waals surface area contributed by atoms with E-state index in [-0.39, 0.29) is 24.9 Å². The molecule has 0 radical (unpaired) electrons. The molecule has 0 aromatic carbocycles. The summed E-state index contributed by atoms with van der Waals surface area (Å²) in [4.78, 5) is 26.1. The van der Waals surface area contributed by atoms with E-state index < -0.39 is 18.2 Å². The summed E-state index contributed by atoms with van der Waals surface area (Å²) in [5, 5.41) is 23.7. The Morgan fingerprint density at radius 1 is 0.492 bits per heavy atom. The summed E-state index contributed by atoms with van der Waals surface area (Å²) >= 11 is 0. The molecule has 0 spiro atoms. The minimum absolute atomic E-state index is 0.0508. The van der Waals surface area contributed by atoms with Gasteiger partial charge in [0.2, 0.25) is 5.91 Å². The van der Waals surface area contributed by atoms with Gasteiger partial charge in [-0.25, -0.2) is 0 Å². The summed E-state index contributed by atoms with van der Waals surface area (Å²) in [5.74, 6) is -0.527. The molecule has 3 N–H and O–H groups in total. The van der Waals surface area contributed by atoms with Crippen molar-refractivity contribution < 1.29 is 24.5 Å². The Hall–Kier alpha value is -2.44. The van der Waals surface area contributed by atoms with Crippen molar-refractivity contribution in [3.63, 3.8) is 0 Å². The average molecular weight is 854 g/mol. The lowest BCUT2D eigenvalue weighted by Crippen LogP contribution is -2.46. The maximum Gasteiger partial charge on any atom is 0.306 e. The van der Waals surface area contributed by atoms with Crippen LogP contribution >= 0.6 is 0 Å². The first-order valence-corrected chi connectivity index (χ1v) is 26.0. The van der Waals surface area contributed by atoms with Crippen LogP contribution in [0.4, 0.5) is 0 Å². The smallest absolute Gasteiger partial charge is 0.306 e. The molecule has 6 heteroatoms. The van der Waals surface area contributed by atoms with Crippen LogP contribution in [0.15, 0.2) is 60.8 Å². The monoisotopic (exact) mass is 854 g/mol. The van der Waals surface area contributed by atoms with Crippen molar-refractivity contribution in [2.45, 2.75) is 270 Å². The maximum atomic E-state index is 13.2. The molecular weight excluding hydrogens is 755 g/mol. The van der Waals surface area contributed by atoms with E-state index in [1.165, 1.54) is 109 Å². The summed E-state index contributed by atoms with van der Waals surface area (Å²) in [6, 6.07) is -0.715. The lowest BCUT2D eigenvalue weighted by molar-refractivity contribution is -0.151. The zero-order chi connectivity index (χ0) is 44.5. The summed E-state index contributed by atoms with van der Waals surface area (Å²) < 4.78 is 5.91. The SMILES string of the molecule is CCCCC/C=C\C/C=C\C/C=C\CCCCCCC(CC(=O)NC(CO)C(O)CCCCCCCCCCC)OC(=O)CCCCC/C=C/C=C/CCCCCCCCC. The number of carbonyl (C=O) groups is 2. The van der Waals surface area contributed by atoms with E-state index in [2.05, 4.69) is 86.8 Å². The van der Waals surface area contributed by atoms with Gasteiger partial charge in [0.05, 0.1) is 25.2 Å². The molecule has 6 nitrogen and oxygen atoms in total. The molecule has 0 saturated carbocycles. The van der Waals surface area contributed by atoms with Crippen LogP contribution in [0.1, 0.15) is 252 Å². The number of aliphatic hydroxyl groups excluding tert-OH is 2. The second-order valence-electron chi connectivity index (χ2n) is 17.6. The molecule has 0 bridgehead atoms. The lowest BCUT2D eigenvalue weighted by Gasteiger charge is -2.24. The second-order valence-corrected chi connectivity index (χ2v) is 17.6. The average Bonchev–Trinajstić information content (AvgIpc) is 3.25. The Kier molecular flexibility index (Phi) is 46.6. The molecule has 0 fully saturated rings. The summed E-state index contributed by atoms with van der Waals surface area (Å²) in [6.07, 6.45) is 59.9. The van der Waals surface area contributed by atoms with E-state index >= 15 is 0 Å². The fraction of sp³-hybridized carbons (Fsp3) is 0.782. The molecule has 0 aliphatic carbocycles. The van der Waals surface area contributed by atoms with Crippen LogP contribution in [0.2, 0.25) is 0 Å². The van der Waals surface area contributed by atoms with E-state index in [0.29, 0.717) is 19.3 Å². The summed E-state index contributed by atoms with van der Waals surface area (Å²) in [6.45, 7) is 6.42. The molecule has 0 heterocycles. The third kappa shape index (κ3) is 44.0. The van der Waals surface area contributed by atoms with Gasteiger partial charge in [-0.1, -0.05) is 210 Å². The van der Waals surface area contributed by atoms with Crippen molar-refractivity contribution in [1.29, 1.82) is 0 Å². The molecule has 61 heavy (non-hydrogen) atoms. The number of carbonyl (C=O) groups excluding carboxylic acids is 2. The van der Waals surface area contributed by atoms with Gasteiger partial charge in [-0.2, -0.15) is 0 Å². The Bertz CT molecular complexity index is 1090. The predicted molar refractivity (Wildman–Crippen MR) is 264 cm³/mol. The second kappa shape index (κ2) is 48.6. The van der Waals surface area contributed by atoms with Gasteiger partial charge >= 0.3 is 5.97 Å². The molecule has 0 aromatic rings. The Morgan fingerprint density at radius 3 is 1.39 bits per heavy atom. The maximum absolute atomic E-state index is 13.2. The largest absolute Gasteiger partial charge is 0.462 e. The summed E-state index contributed by atoms with van der Waals surface area (Å²) in [5.41, 5.74) is 0. The van der Waals surface area contributed by atoms with Gasteiger partial charge < -0.3 is 20.3 Å². The molecule has 0 aliphatic rings. The Labute approximate surface area is 378 Å². The fourth-order valence-electron chi connectivity index (χ4n) is 7.60. The van der Waals surface area contributed by atoms with Crippen molar-refractivity contribution in [3.05, 3.63) is 60.8 Å². The van der Waals surface area contributed by atoms with Crippen LogP contribution in [-0.4, -0.2) is 46.9 Å². The molecule has 1 amide bonds. The molecule has 0 aromatic heterocycles. The number of nitrogens with one attached hydrogen (secondary N) is 1. The third-order valence-corrected chi connectivity index (χ3v) is 11.6. The number of esters is 1. The number of allylic oxidation sites excluding steroid dienone is 10. The zero-order valence-corrected chi connectivity index (χ0v) is 40.3. The first-order valence-electron chi connectivity index (χ1n) is 26.0. The number of ether oxygens (including phenoxy) is 1. The van der Waals surface area contributed by atoms with Gasteiger partial charge in [0, 0.05) is 6.42 Å². The topological polar surface area (TPSA) is 95.9 Å². The fourth-order valence-corrected chi connectivity index (χ4v) is 7.60. The van der Waals surface area contributed by atoms with Crippen LogP contribution in [0.3, 0.4) is 0 Å². The van der Waals surface area contributed by atoms with Gasteiger partial charge in [-0.05, 0) is 89.9 Å². The third-order valence-electron chi connectivity index (χ3n) is 11.6. The van der Waals surface area contributed by atoms with Gasteiger partial charge in [0.1, 0.15) is 6.10 Å². The van der Waals surface area contributed by atoms with Gasteiger partial charge in [0.15, 0.2) is 0 Å². The predicted octanol–water partition coefficient (Wildman–Crippen LogP) is 15.6. The van der Waals surface area contributed by atoms with E-state index in [0.717, 1.165) is 96.3 Å². The molecular formula is C55H99NO5. The van der Waals surface area contributed by atoms with Crippen LogP contribution in [-0.2, 0) is 14.3 Å². The minimum atomic E-state index is -0.799. The number of amides is 1. The van der Waals surface area contributed by atoms with Gasteiger partial charge in [-0.15, -0.1) is 0 Å². The van der Waals surface area contributed by atoms with Crippen molar-refractivity contribution in [2.75, 3.05) is 6.61 Å². The van der Waals surface area contributed by atoms with Crippen LogP contribution in [0.25, 0.3) is 0 Å². The van der Waals surface area contributed by atoms with Crippen LogP contribution in [0.5, 0.6) is 0 Å². The molecule has 354 valence electrons. The van der Waals surface area contributed by atoms with Crippen molar-refractivity contribution in [1.82, 2.24) is 5.32 Å². The van der Waals surface area contributed by atoms with E-state index in [1.54, 1.807) is 0 Å². The van der Waals surface area contributed by atoms with Crippen molar-refractivity contribution >= 4 is 11.9 Å². The molecule has 3 unspecified atom stereocenters. The Balaban J connectivity index is 4.68. The number of unbranched alkanes of at least 4 members (excludes halogenated alkanes) is 25. The molecule has 3 atom stereocenters. The first-order chi connectivity index (χ1) is 30.0. The van der Waals surface area contributed by atoms with E-state index in [9.17, 15) is 19.8 Å². The quantitative estimate of drug-likeness (QED) is 0.0245. The van der Waals surface area contributed by atoms with E-state index in [4.69, 9.17) is 4.74 Å². The number of aliphatic hydroxyl groups is 2. The van der Waals surface area contributed by atoms with Gasteiger partial charge in [-0.3, -0.25) is 9.59 Å².